The van der Waals surface area contributed by atoms with E-state index in [1.807, 2.05) is 6.92 Å². The van der Waals surface area contributed by atoms with E-state index in [0.29, 0.717) is 23.8 Å². The molecule has 4 nitrogen and oxygen atoms in total. The first kappa shape index (κ1) is 26.0. The molecular formula is C24H44ClN3O. The number of unbranched alkanes of at least 4 members (excludes halogenated alkanes) is 15. The van der Waals surface area contributed by atoms with E-state index >= 15 is 0 Å². The first-order chi connectivity index (χ1) is 14.2. The molecule has 0 fully saturated rings. The van der Waals surface area contributed by atoms with E-state index in [9.17, 15) is 4.79 Å². The molecule has 0 saturated heterocycles. The minimum absolute atomic E-state index is 0.164. The number of nitrogens with zero attached hydrogens (tertiary/aromatic N) is 2. The molecule has 1 N–H and O–H groups in total. The van der Waals surface area contributed by atoms with Gasteiger partial charge in [0, 0.05) is 19.3 Å². The molecule has 0 radical (unpaired) electrons. The van der Waals surface area contributed by atoms with Crippen molar-refractivity contribution in [3.8, 4) is 0 Å². The number of amides is 1. The predicted molar refractivity (Wildman–Crippen MR) is 125 cm³/mol. The van der Waals surface area contributed by atoms with Crippen LogP contribution in [0.15, 0.2) is 6.20 Å². The lowest BCUT2D eigenvalue weighted by molar-refractivity contribution is 0.0947. The van der Waals surface area contributed by atoms with Crippen molar-refractivity contribution in [2.75, 3.05) is 6.54 Å². The molecule has 1 amide bonds. The van der Waals surface area contributed by atoms with Crippen molar-refractivity contribution in [1.82, 2.24) is 15.1 Å². The van der Waals surface area contributed by atoms with Gasteiger partial charge in [0.05, 0.1) is 5.02 Å². The summed E-state index contributed by atoms with van der Waals surface area (Å²) in [6.45, 7) is 5.67. The molecule has 0 aromatic carbocycles. The number of rotatable bonds is 19. The Hall–Kier alpha value is -1.03. The fourth-order valence-electron chi connectivity index (χ4n) is 3.67. The van der Waals surface area contributed by atoms with E-state index in [1.165, 1.54) is 96.3 Å². The van der Waals surface area contributed by atoms with Crippen molar-refractivity contribution >= 4 is 17.5 Å². The van der Waals surface area contributed by atoms with Crippen molar-refractivity contribution in [1.29, 1.82) is 0 Å². The van der Waals surface area contributed by atoms with Crippen LogP contribution in [0.2, 0.25) is 5.02 Å². The van der Waals surface area contributed by atoms with Gasteiger partial charge in [0.15, 0.2) is 5.69 Å². The number of aromatic nitrogens is 2. The van der Waals surface area contributed by atoms with Crippen LogP contribution in [-0.4, -0.2) is 22.2 Å². The lowest BCUT2D eigenvalue weighted by Crippen LogP contribution is -2.25. The van der Waals surface area contributed by atoms with E-state index in [-0.39, 0.29) is 5.91 Å². The van der Waals surface area contributed by atoms with Crippen LogP contribution in [-0.2, 0) is 6.54 Å². The number of carbonyl (C=O) groups is 1. The van der Waals surface area contributed by atoms with Crippen LogP contribution in [0.25, 0.3) is 0 Å². The van der Waals surface area contributed by atoms with Crippen LogP contribution in [0.4, 0.5) is 0 Å². The fourth-order valence-corrected chi connectivity index (χ4v) is 3.91. The maximum absolute atomic E-state index is 12.1. The molecule has 0 saturated carbocycles. The van der Waals surface area contributed by atoms with Gasteiger partial charge >= 0.3 is 0 Å². The molecule has 0 unspecified atom stereocenters. The molecule has 1 aromatic heterocycles. The molecule has 5 heteroatoms. The maximum atomic E-state index is 12.1. The van der Waals surface area contributed by atoms with Gasteiger partial charge in [0.25, 0.3) is 5.91 Å². The minimum Gasteiger partial charge on any atom is -0.351 e. The van der Waals surface area contributed by atoms with Gasteiger partial charge in [0.2, 0.25) is 0 Å². The van der Waals surface area contributed by atoms with E-state index in [4.69, 9.17) is 11.6 Å². The quantitative estimate of drug-likeness (QED) is 0.232. The van der Waals surface area contributed by atoms with E-state index in [1.54, 1.807) is 10.9 Å². The number of carbonyl (C=O) groups excluding carboxylic acids is 1. The number of hydrogen-bond donors (Lipinski definition) is 1. The summed E-state index contributed by atoms with van der Waals surface area (Å²) in [5, 5.41) is 7.55. The average Bonchev–Trinajstić information content (AvgIpc) is 3.11. The molecule has 0 spiro atoms. The Morgan fingerprint density at radius 1 is 0.828 bits per heavy atom. The zero-order chi connectivity index (χ0) is 21.2. The van der Waals surface area contributed by atoms with Crippen LogP contribution in [0.5, 0.6) is 0 Å². The van der Waals surface area contributed by atoms with Crippen molar-refractivity contribution in [3.05, 3.63) is 16.9 Å². The molecular weight excluding hydrogens is 382 g/mol. The highest BCUT2D eigenvalue weighted by Crippen LogP contribution is 2.15. The topological polar surface area (TPSA) is 46.9 Å². The Bertz CT molecular complexity index is 530. The first-order valence-corrected chi connectivity index (χ1v) is 12.6. The van der Waals surface area contributed by atoms with Gasteiger partial charge < -0.3 is 5.32 Å². The molecule has 1 aromatic rings. The van der Waals surface area contributed by atoms with E-state index in [0.717, 1.165) is 6.42 Å². The molecule has 29 heavy (non-hydrogen) atoms. The van der Waals surface area contributed by atoms with Crippen molar-refractivity contribution in [2.45, 2.75) is 123 Å². The SMILES string of the molecule is CCCCCCCCCCCCCCCCCCNC(=O)c1nn(CC)cc1Cl. The first-order valence-electron chi connectivity index (χ1n) is 12.2. The summed E-state index contributed by atoms with van der Waals surface area (Å²) in [6.07, 6.45) is 23.4. The second kappa shape index (κ2) is 17.8. The van der Waals surface area contributed by atoms with Gasteiger partial charge in [-0.25, -0.2) is 0 Å². The number of hydrogen-bond acceptors (Lipinski definition) is 2. The fraction of sp³-hybridized carbons (Fsp3) is 0.833. The van der Waals surface area contributed by atoms with Crippen LogP contribution in [0, 0.1) is 0 Å². The van der Waals surface area contributed by atoms with Gasteiger partial charge in [-0.3, -0.25) is 9.48 Å². The summed E-state index contributed by atoms with van der Waals surface area (Å²) >= 11 is 6.06. The highest BCUT2D eigenvalue weighted by molar-refractivity contribution is 6.33. The number of nitrogens with one attached hydrogen (secondary N) is 1. The molecule has 0 atom stereocenters. The van der Waals surface area contributed by atoms with Crippen molar-refractivity contribution in [2.24, 2.45) is 0 Å². The molecule has 0 bridgehead atoms. The summed E-state index contributed by atoms with van der Waals surface area (Å²) in [7, 11) is 0. The van der Waals surface area contributed by atoms with Crippen molar-refractivity contribution < 1.29 is 4.79 Å². The van der Waals surface area contributed by atoms with Gasteiger partial charge in [0.1, 0.15) is 0 Å². The number of halogens is 1. The Labute approximate surface area is 184 Å². The zero-order valence-electron chi connectivity index (χ0n) is 19.0. The van der Waals surface area contributed by atoms with Crippen LogP contribution in [0.3, 0.4) is 0 Å². The van der Waals surface area contributed by atoms with Gasteiger partial charge in [-0.05, 0) is 13.3 Å². The third kappa shape index (κ3) is 13.0. The summed E-state index contributed by atoms with van der Waals surface area (Å²) < 4.78 is 1.69. The standard InChI is InChI=1S/C24H44ClN3O/c1-3-5-6-7-8-9-10-11-12-13-14-15-16-17-18-19-20-26-24(29)23-22(25)21-28(4-2)27-23/h21H,3-20H2,1-2H3,(H,26,29). The Balaban J connectivity index is 1.83. The monoisotopic (exact) mass is 425 g/mol. The van der Waals surface area contributed by atoms with Crippen LogP contribution < -0.4 is 5.32 Å². The van der Waals surface area contributed by atoms with E-state index < -0.39 is 0 Å². The molecule has 168 valence electrons. The third-order valence-corrected chi connectivity index (χ3v) is 5.85. The minimum atomic E-state index is -0.164. The lowest BCUT2D eigenvalue weighted by Gasteiger charge is -2.05. The summed E-state index contributed by atoms with van der Waals surface area (Å²) in [6, 6.07) is 0. The molecule has 0 aliphatic carbocycles. The Morgan fingerprint density at radius 3 is 1.69 bits per heavy atom. The summed E-state index contributed by atoms with van der Waals surface area (Å²) in [5.74, 6) is -0.164. The van der Waals surface area contributed by atoms with Gasteiger partial charge in [-0.1, -0.05) is 115 Å². The van der Waals surface area contributed by atoms with E-state index in [2.05, 4.69) is 17.3 Å². The zero-order valence-corrected chi connectivity index (χ0v) is 19.7. The Morgan fingerprint density at radius 2 is 1.28 bits per heavy atom. The number of aryl methyl sites for hydroxylation is 1. The van der Waals surface area contributed by atoms with Gasteiger partial charge in [-0.15, -0.1) is 0 Å². The highest BCUT2D eigenvalue weighted by Gasteiger charge is 2.14. The van der Waals surface area contributed by atoms with Crippen LogP contribution >= 0.6 is 11.6 Å². The second-order valence-corrected chi connectivity index (χ2v) is 8.65. The van der Waals surface area contributed by atoms with Crippen molar-refractivity contribution in [3.63, 3.8) is 0 Å². The maximum Gasteiger partial charge on any atom is 0.273 e. The summed E-state index contributed by atoms with van der Waals surface area (Å²) in [5.41, 5.74) is 0.338. The summed E-state index contributed by atoms with van der Waals surface area (Å²) in [4.78, 5) is 12.1. The largest absolute Gasteiger partial charge is 0.351 e. The van der Waals surface area contributed by atoms with Crippen LogP contribution in [0.1, 0.15) is 127 Å². The normalized spacial score (nSPS) is 11.1. The second-order valence-electron chi connectivity index (χ2n) is 8.24. The molecule has 1 heterocycles. The highest BCUT2D eigenvalue weighted by atomic mass is 35.5. The average molecular weight is 426 g/mol. The Kier molecular flexibility index (Phi) is 16.0. The molecule has 1 rings (SSSR count). The third-order valence-electron chi connectivity index (χ3n) is 5.57. The smallest absolute Gasteiger partial charge is 0.273 e. The predicted octanol–water partition coefficient (Wildman–Crippen LogP) is 7.55. The molecule has 0 aliphatic rings. The van der Waals surface area contributed by atoms with Gasteiger partial charge in [-0.2, -0.15) is 5.10 Å². The molecule has 0 aliphatic heterocycles. The lowest BCUT2D eigenvalue weighted by atomic mass is 10.0.